The Balaban J connectivity index is 2.36. The Morgan fingerprint density at radius 3 is 2.09 bits per heavy atom. The molecule has 0 aromatic heterocycles. The fourth-order valence-corrected chi connectivity index (χ4v) is 1.14. The highest BCUT2D eigenvalue weighted by atomic mass is 35.5. The fraction of sp³-hybridized carbons (Fsp3) is 1.00. The van der Waals surface area contributed by atoms with Crippen LogP contribution >= 0.6 is 23.2 Å². The van der Waals surface area contributed by atoms with Crippen molar-refractivity contribution in [3.8, 4) is 0 Å². The molecule has 0 bridgehead atoms. The van der Waals surface area contributed by atoms with E-state index in [9.17, 15) is 0 Å². The van der Waals surface area contributed by atoms with Gasteiger partial charge in [-0.15, -0.1) is 23.2 Å². The van der Waals surface area contributed by atoms with Crippen LogP contribution in [0.4, 0.5) is 0 Å². The summed E-state index contributed by atoms with van der Waals surface area (Å²) in [5.74, 6) is 0. The summed E-state index contributed by atoms with van der Waals surface area (Å²) in [7, 11) is -0.452. The van der Waals surface area contributed by atoms with E-state index in [4.69, 9.17) is 32.5 Å². The predicted octanol–water partition coefficient (Wildman–Crippen LogP) is 1.89. The summed E-state index contributed by atoms with van der Waals surface area (Å²) in [6, 6.07) is 0. The molecule has 2 nitrogen and oxygen atoms in total. The molecule has 0 saturated carbocycles. The Kier molecular flexibility index (Phi) is 3.09. The third-order valence-electron chi connectivity index (χ3n) is 1.48. The average molecular weight is 197 g/mol. The lowest BCUT2D eigenvalue weighted by Crippen LogP contribution is -2.44. The first-order valence-corrected chi connectivity index (χ1v) is 4.40. The molecule has 0 aliphatic carbocycles. The highest BCUT2D eigenvalue weighted by molar-refractivity contribution is 6.72. The number of halogens is 2. The summed E-state index contributed by atoms with van der Waals surface area (Å²) in [6.45, 7) is 5.43. The van der Waals surface area contributed by atoms with Crippen molar-refractivity contribution in [1.29, 1.82) is 0 Å². The van der Waals surface area contributed by atoms with Gasteiger partial charge in [0, 0.05) is 18.6 Å². The van der Waals surface area contributed by atoms with Gasteiger partial charge < -0.3 is 9.31 Å². The molecular formula is C6H11BCl2O2. The number of rotatable bonds is 1. The third-order valence-corrected chi connectivity index (χ3v) is 1.89. The topological polar surface area (TPSA) is 18.5 Å². The summed E-state index contributed by atoms with van der Waals surface area (Å²) < 4.78 is 9.95. The van der Waals surface area contributed by atoms with E-state index >= 15 is 0 Å². The lowest BCUT2D eigenvalue weighted by molar-refractivity contribution is 0.0294. The molecule has 1 rings (SSSR count). The van der Waals surface area contributed by atoms with Crippen LogP contribution in [0, 0.1) is 5.41 Å². The number of alkyl halides is 2. The Morgan fingerprint density at radius 2 is 1.73 bits per heavy atom. The van der Waals surface area contributed by atoms with Crippen molar-refractivity contribution in [1.82, 2.24) is 0 Å². The minimum atomic E-state index is -0.592. The van der Waals surface area contributed by atoms with Crippen LogP contribution in [0.5, 0.6) is 0 Å². The monoisotopic (exact) mass is 196 g/mol. The maximum absolute atomic E-state index is 5.57. The van der Waals surface area contributed by atoms with E-state index in [2.05, 4.69) is 13.8 Å². The van der Waals surface area contributed by atoms with E-state index < -0.39 is 11.9 Å². The van der Waals surface area contributed by atoms with Crippen LogP contribution in [0.15, 0.2) is 0 Å². The Bertz CT molecular complexity index is 131. The molecule has 0 unspecified atom stereocenters. The van der Waals surface area contributed by atoms with Crippen molar-refractivity contribution in [2.24, 2.45) is 5.41 Å². The summed E-state index contributed by atoms with van der Waals surface area (Å²) in [6.07, 6.45) is 0. The van der Waals surface area contributed by atoms with E-state index in [-0.39, 0.29) is 5.41 Å². The zero-order valence-corrected chi connectivity index (χ0v) is 8.15. The molecule has 64 valence electrons. The van der Waals surface area contributed by atoms with E-state index in [1.54, 1.807) is 0 Å². The second kappa shape index (κ2) is 3.52. The molecule has 0 aromatic rings. The van der Waals surface area contributed by atoms with Crippen LogP contribution in [0.2, 0.25) is 0 Å². The van der Waals surface area contributed by atoms with Gasteiger partial charge >= 0.3 is 7.12 Å². The Hall–Kier alpha value is 0.565. The molecule has 0 atom stereocenters. The van der Waals surface area contributed by atoms with Gasteiger partial charge in [-0.25, -0.2) is 0 Å². The van der Waals surface area contributed by atoms with Gasteiger partial charge in [0.15, 0.2) is 0 Å². The molecule has 1 aliphatic heterocycles. The van der Waals surface area contributed by atoms with Gasteiger partial charge in [-0.1, -0.05) is 13.8 Å². The van der Waals surface area contributed by atoms with E-state index in [0.717, 1.165) is 0 Å². The van der Waals surface area contributed by atoms with Crippen molar-refractivity contribution in [3.63, 3.8) is 0 Å². The fourth-order valence-electron chi connectivity index (χ4n) is 0.851. The zero-order chi connectivity index (χ0) is 8.48. The van der Waals surface area contributed by atoms with E-state index in [1.807, 2.05) is 0 Å². The molecular weight excluding hydrogens is 186 g/mol. The summed E-state index contributed by atoms with van der Waals surface area (Å²) in [4.78, 5) is 0. The van der Waals surface area contributed by atoms with Gasteiger partial charge in [-0.05, 0) is 0 Å². The van der Waals surface area contributed by atoms with Crippen molar-refractivity contribution in [2.45, 2.75) is 18.6 Å². The molecule has 5 heteroatoms. The van der Waals surface area contributed by atoms with Crippen LogP contribution in [-0.4, -0.2) is 25.1 Å². The van der Waals surface area contributed by atoms with Crippen molar-refractivity contribution in [2.75, 3.05) is 13.2 Å². The molecule has 0 N–H and O–H groups in total. The van der Waals surface area contributed by atoms with Crippen LogP contribution in [0.25, 0.3) is 0 Å². The highest BCUT2D eigenvalue weighted by Gasteiger charge is 2.36. The van der Waals surface area contributed by atoms with Gasteiger partial charge in [0.1, 0.15) is 4.74 Å². The smallest absolute Gasteiger partial charge is 0.409 e. The maximum atomic E-state index is 5.57. The lowest BCUT2D eigenvalue weighted by Gasteiger charge is -2.33. The maximum Gasteiger partial charge on any atom is 0.492 e. The zero-order valence-electron chi connectivity index (χ0n) is 6.64. The molecule has 0 aromatic carbocycles. The quantitative estimate of drug-likeness (QED) is 0.471. The van der Waals surface area contributed by atoms with E-state index in [1.165, 1.54) is 0 Å². The minimum Gasteiger partial charge on any atom is -0.409 e. The standard InChI is InChI=1S/C6H11BCl2O2/c1-6(2)3-10-7(5(8)9)11-4-6/h5H,3-4H2,1-2H3. The van der Waals surface area contributed by atoms with Gasteiger partial charge in [0.2, 0.25) is 0 Å². The second-order valence-corrected chi connectivity index (χ2v) is 4.65. The highest BCUT2D eigenvalue weighted by Crippen LogP contribution is 2.24. The lowest BCUT2D eigenvalue weighted by atomic mass is 9.86. The van der Waals surface area contributed by atoms with Gasteiger partial charge in [-0.3, -0.25) is 0 Å². The third kappa shape index (κ3) is 2.82. The molecule has 1 fully saturated rings. The molecule has 1 heterocycles. The van der Waals surface area contributed by atoms with Crippen LogP contribution in [0.3, 0.4) is 0 Å². The molecule has 0 radical (unpaired) electrons. The molecule has 11 heavy (non-hydrogen) atoms. The normalized spacial score (nSPS) is 24.3. The first-order chi connectivity index (χ1) is 5.01. The number of hydrogen-bond donors (Lipinski definition) is 0. The summed E-state index contributed by atoms with van der Waals surface area (Å²) in [5.41, 5.74) is 0.0825. The largest absolute Gasteiger partial charge is 0.492 e. The summed E-state index contributed by atoms with van der Waals surface area (Å²) in [5, 5.41) is 0. The van der Waals surface area contributed by atoms with Gasteiger partial charge in [-0.2, -0.15) is 0 Å². The van der Waals surface area contributed by atoms with Crippen LogP contribution in [-0.2, 0) is 9.31 Å². The van der Waals surface area contributed by atoms with Crippen molar-refractivity contribution in [3.05, 3.63) is 0 Å². The first kappa shape index (κ1) is 9.65. The summed E-state index contributed by atoms with van der Waals surface area (Å²) >= 11 is 11.1. The Morgan fingerprint density at radius 1 is 1.27 bits per heavy atom. The molecule has 0 spiro atoms. The predicted molar refractivity (Wildman–Crippen MR) is 46.9 cm³/mol. The van der Waals surface area contributed by atoms with Crippen LogP contribution in [0.1, 0.15) is 13.8 Å². The first-order valence-electron chi connectivity index (χ1n) is 3.53. The Labute approximate surface area is 77.3 Å². The molecule has 0 amide bonds. The molecule has 1 aliphatic rings. The second-order valence-electron chi connectivity index (χ2n) is 3.49. The van der Waals surface area contributed by atoms with Gasteiger partial charge in [0.25, 0.3) is 0 Å². The average Bonchev–Trinajstić information content (AvgIpc) is 1.86. The van der Waals surface area contributed by atoms with E-state index in [0.29, 0.717) is 13.2 Å². The van der Waals surface area contributed by atoms with Crippen molar-refractivity contribution < 1.29 is 9.31 Å². The SMILES string of the molecule is CC1(C)COB(C(Cl)Cl)OC1. The minimum absolute atomic E-state index is 0.0825. The van der Waals surface area contributed by atoms with Crippen LogP contribution < -0.4 is 0 Å². The number of hydrogen-bond acceptors (Lipinski definition) is 2. The van der Waals surface area contributed by atoms with Gasteiger partial charge in [0.05, 0.1) is 0 Å². The molecule has 1 saturated heterocycles. The van der Waals surface area contributed by atoms with Crippen molar-refractivity contribution >= 4 is 30.3 Å².